The van der Waals surface area contributed by atoms with Crippen LogP contribution in [0.25, 0.3) is 16.6 Å². The number of amides is 2. The van der Waals surface area contributed by atoms with Crippen LogP contribution in [-0.2, 0) is 9.53 Å². The van der Waals surface area contributed by atoms with Gasteiger partial charge in [-0.2, -0.15) is 5.10 Å². The maximum atomic E-state index is 14.7. The highest BCUT2D eigenvalue weighted by Gasteiger charge is 2.32. The van der Waals surface area contributed by atoms with Gasteiger partial charge in [0.15, 0.2) is 0 Å². The van der Waals surface area contributed by atoms with Crippen LogP contribution in [-0.4, -0.2) is 40.8 Å². The lowest BCUT2D eigenvalue weighted by atomic mass is 10.1. The van der Waals surface area contributed by atoms with Crippen molar-refractivity contribution in [3.05, 3.63) is 54.6 Å². The number of fused-ring (bicyclic) bond motifs is 1. The number of nitrogens with zero attached hydrogens (tertiary/aromatic N) is 3. The van der Waals surface area contributed by atoms with Gasteiger partial charge in [-0.25, -0.2) is 13.7 Å². The molecule has 7 nitrogen and oxygen atoms in total. The lowest BCUT2D eigenvalue weighted by molar-refractivity contribution is -0.119. The standard InChI is InChI=1S/C19H17FN4O3/c1-12(25)21-9-16-11-23(19(26)27-16)15-4-5-17(18(20)8-15)13-2-3-14-6-7-22-24(14)10-13/h2-8,10,16H,9,11H2,1H3,(H,21,25)/t16-/m0/s1. The molecule has 1 atom stereocenters. The van der Waals surface area contributed by atoms with Crippen molar-refractivity contribution in [1.29, 1.82) is 0 Å². The first-order chi connectivity index (χ1) is 13.0. The summed E-state index contributed by atoms with van der Waals surface area (Å²) in [7, 11) is 0. The Balaban J connectivity index is 1.56. The molecule has 0 spiro atoms. The van der Waals surface area contributed by atoms with Gasteiger partial charge < -0.3 is 10.1 Å². The number of carbonyl (C=O) groups excluding carboxylic acids is 2. The quantitative estimate of drug-likeness (QED) is 0.768. The van der Waals surface area contributed by atoms with Crippen LogP contribution in [0.3, 0.4) is 0 Å². The maximum absolute atomic E-state index is 14.7. The molecule has 0 unspecified atom stereocenters. The number of benzene rings is 1. The van der Waals surface area contributed by atoms with E-state index in [1.807, 2.05) is 18.2 Å². The molecule has 0 radical (unpaired) electrons. The molecule has 2 amide bonds. The van der Waals surface area contributed by atoms with Crippen molar-refractivity contribution >= 4 is 23.2 Å². The second kappa shape index (κ2) is 6.71. The lowest BCUT2D eigenvalue weighted by Crippen LogP contribution is -2.33. The summed E-state index contributed by atoms with van der Waals surface area (Å²) in [6.07, 6.45) is 2.40. The van der Waals surface area contributed by atoms with Crippen LogP contribution in [0.5, 0.6) is 0 Å². The Hall–Kier alpha value is -3.42. The van der Waals surface area contributed by atoms with E-state index in [-0.39, 0.29) is 19.0 Å². The van der Waals surface area contributed by atoms with Gasteiger partial charge in [-0.1, -0.05) is 6.07 Å². The van der Waals surface area contributed by atoms with E-state index in [9.17, 15) is 14.0 Å². The molecule has 1 N–H and O–H groups in total. The van der Waals surface area contributed by atoms with Gasteiger partial charge in [0.05, 0.1) is 24.3 Å². The largest absolute Gasteiger partial charge is 0.442 e. The first-order valence-corrected chi connectivity index (χ1v) is 8.47. The predicted molar refractivity (Wildman–Crippen MR) is 96.9 cm³/mol. The van der Waals surface area contributed by atoms with E-state index in [0.29, 0.717) is 16.8 Å². The van der Waals surface area contributed by atoms with Gasteiger partial charge in [0.25, 0.3) is 0 Å². The van der Waals surface area contributed by atoms with Crippen molar-refractivity contribution in [1.82, 2.24) is 14.9 Å². The smallest absolute Gasteiger partial charge is 0.414 e. The Labute approximate surface area is 154 Å². The molecule has 3 aromatic rings. The Kier molecular flexibility index (Phi) is 4.23. The molecule has 27 heavy (non-hydrogen) atoms. The summed E-state index contributed by atoms with van der Waals surface area (Å²) in [5.74, 6) is -0.647. The fourth-order valence-corrected chi connectivity index (χ4v) is 3.08. The van der Waals surface area contributed by atoms with Crippen LogP contribution in [0, 0.1) is 5.82 Å². The van der Waals surface area contributed by atoms with E-state index in [1.54, 1.807) is 29.0 Å². The number of hydrogen-bond donors (Lipinski definition) is 1. The molecule has 1 aliphatic heterocycles. The predicted octanol–water partition coefficient (Wildman–Crippen LogP) is 2.60. The average Bonchev–Trinajstić information content (AvgIpc) is 3.25. The summed E-state index contributed by atoms with van der Waals surface area (Å²) < 4.78 is 21.6. The number of anilines is 1. The van der Waals surface area contributed by atoms with E-state index < -0.39 is 18.0 Å². The topological polar surface area (TPSA) is 75.9 Å². The Morgan fingerprint density at radius 3 is 2.96 bits per heavy atom. The number of rotatable bonds is 4. The fourth-order valence-electron chi connectivity index (χ4n) is 3.08. The Bertz CT molecular complexity index is 1030. The van der Waals surface area contributed by atoms with Gasteiger partial charge in [-0.05, 0) is 30.3 Å². The van der Waals surface area contributed by atoms with Crippen molar-refractivity contribution < 1.29 is 18.7 Å². The summed E-state index contributed by atoms with van der Waals surface area (Å²) in [6.45, 7) is 1.86. The number of cyclic esters (lactones) is 1. The van der Waals surface area contributed by atoms with Crippen molar-refractivity contribution in [3.8, 4) is 11.1 Å². The third-order valence-electron chi connectivity index (χ3n) is 4.42. The molecule has 1 aromatic carbocycles. The Morgan fingerprint density at radius 2 is 2.19 bits per heavy atom. The van der Waals surface area contributed by atoms with Crippen LogP contribution in [0.1, 0.15) is 6.92 Å². The normalized spacial score (nSPS) is 16.6. The molecule has 1 fully saturated rings. The summed E-state index contributed by atoms with van der Waals surface area (Å²) in [5, 5.41) is 6.77. The summed E-state index contributed by atoms with van der Waals surface area (Å²) in [6, 6.07) is 10.2. The highest BCUT2D eigenvalue weighted by molar-refractivity contribution is 5.90. The average molecular weight is 368 g/mol. The van der Waals surface area contributed by atoms with E-state index in [2.05, 4.69) is 10.4 Å². The molecule has 4 rings (SSSR count). The van der Waals surface area contributed by atoms with E-state index in [4.69, 9.17) is 4.74 Å². The number of aromatic nitrogens is 2. The summed E-state index contributed by atoms with van der Waals surface area (Å²) in [5.41, 5.74) is 2.42. The first kappa shape index (κ1) is 17.0. The third-order valence-corrected chi connectivity index (χ3v) is 4.42. The number of pyridine rings is 1. The number of ether oxygens (including phenoxy) is 1. The lowest BCUT2D eigenvalue weighted by Gasteiger charge is -2.14. The maximum Gasteiger partial charge on any atom is 0.414 e. The summed E-state index contributed by atoms with van der Waals surface area (Å²) in [4.78, 5) is 24.4. The Morgan fingerprint density at radius 1 is 1.33 bits per heavy atom. The second-order valence-electron chi connectivity index (χ2n) is 6.34. The zero-order valence-corrected chi connectivity index (χ0v) is 14.6. The molecule has 1 saturated heterocycles. The van der Waals surface area contributed by atoms with Crippen molar-refractivity contribution in [2.24, 2.45) is 0 Å². The number of carbonyl (C=O) groups is 2. The van der Waals surface area contributed by atoms with Crippen molar-refractivity contribution in [2.75, 3.05) is 18.0 Å². The SMILES string of the molecule is CC(=O)NC[C@H]1CN(c2ccc(-c3ccc4ccnn4c3)c(F)c2)C(=O)O1. The molecule has 8 heteroatoms. The van der Waals surface area contributed by atoms with Gasteiger partial charge in [0.2, 0.25) is 5.91 Å². The zero-order valence-electron chi connectivity index (χ0n) is 14.6. The van der Waals surface area contributed by atoms with Crippen LogP contribution < -0.4 is 10.2 Å². The zero-order chi connectivity index (χ0) is 19.0. The van der Waals surface area contributed by atoms with Gasteiger partial charge in [0, 0.05) is 30.4 Å². The van der Waals surface area contributed by atoms with Gasteiger partial charge in [-0.15, -0.1) is 0 Å². The van der Waals surface area contributed by atoms with Crippen LogP contribution >= 0.6 is 0 Å². The van der Waals surface area contributed by atoms with Crippen LogP contribution in [0.4, 0.5) is 14.9 Å². The van der Waals surface area contributed by atoms with Gasteiger partial charge in [-0.3, -0.25) is 9.69 Å². The molecule has 138 valence electrons. The molecule has 1 aliphatic rings. The minimum atomic E-state index is -0.560. The minimum absolute atomic E-state index is 0.200. The molecule has 0 saturated carbocycles. The van der Waals surface area contributed by atoms with Gasteiger partial charge in [0.1, 0.15) is 11.9 Å². The number of hydrogen-bond acceptors (Lipinski definition) is 4. The molecule has 0 aliphatic carbocycles. The van der Waals surface area contributed by atoms with Gasteiger partial charge >= 0.3 is 6.09 Å². The first-order valence-electron chi connectivity index (χ1n) is 8.47. The summed E-state index contributed by atoms with van der Waals surface area (Å²) >= 11 is 0. The second-order valence-corrected chi connectivity index (χ2v) is 6.34. The minimum Gasteiger partial charge on any atom is -0.442 e. The van der Waals surface area contributed by atoms with E-state index in [0.717, 1.165) is 5.52 Å². The molecule has 2 aromatic heterocycles. The van der Waals surface area contributed by atoms with Crippen LogP contribution in [0.15, 0.2) is 48.8 Å². The number of nitrogens with one attached hydrogen (secondary N) is 1. The monoisotopic (exact) mass is 368 g/mol. The fraction of sp³-hybridized carbons (Fsp3) is 0.211. The number of halogens is 1. The molecular weight excluding hydrogens is 351 g/mol. The molecule has 0 bridgehead atoms. The third kappa shape index (κ3) is 3.33. The van der Waals surface area contributed by atoms with Crippen molar-refractivity contribution in [3.63, 3.8) is 0 Å². The van der Waals surface area contributed by atoms with Crippen LogP contribution in [0.2, 0.25) is 0 Å². The molecular formula is C19H17FN4O3. The van der Waals surface area contributed by atoms with Crippen molar-refractivity contribution in [2.45, 2.75) is 13.0 Å². The van der Waals surface area contributed by atoms with E-state index >= 15 is 0 Å². The highest BCUT2D eigenvalue weighted by atomic mass is 19.1. The van der Waals surface area contributed by atoms with E-state index in [1.165, 1.54) is 17.9 Å². The molecule has 3 heterocycles. The highest BCUT2D eigenvalue weighted by Crippen LogP contribution is 2.29.